The van der Waals surface area contributed by atoms with Gasteiger partial charge < -0.3 is 0 Å². The van der Waals surface area contributed by atoms with Crippen LogP contribution in [0.25, 0.3) is 0 Å². The zero-order valence-electron chi connectivity index (χ0n) is 13.0. The molecule has 0 aromatic carbocycles. The monoisotopic (exact) mass is 342 g/mol. The average Bonchev–Trinajstić information content (AvgIpc) is 2.54. The van der Waals surface area contributed by atoms with Gasteiger partial charge in [-0.25, -0.2) is 9.97 Å². The van der Waals surface area contributed by atoms with E-state index in [1.54, 1.807) is 11.8 Å². The van der Waals surface area contributed by atoms with E-state index in [0.717, 1.165) is 55.6 Å². The van der Waals surface area contributed by atoms with Crippen LogP contribution in [0.2, 0.25) is 0 Å². The summed E-state index contributed by atoms with van der Waals surface area (Å²) in [5.41, 5.74) is 1.35. The third-order valence-electron chi connectivity index (χ3n) is 5.34. The molecule has 0 aliphatic heterocycles. The minimum Gasteiger partial charge on any atom is -0.270 e. The summed E-state index contributed by atoms with van der Waals surface area (Å²) in [5, 5.41) is 0.828. The summed E-state index contributed by atoms with van der Waals surface area (Å²) in [5.74, 6) is 0. The van der Waals surface area contributed by atoms with E-state index in [-0.39, 0.29) is 10.8 Å². The van der Waals surface area contributed by atoms with Crippen molar-refractivity contribution in [2.75, 3.05) is 19.1 Å². The average molecular weight is 342 g/mol. The van der Waals surface area contributed by atoms with Gasteiger partial charge in [0, 0.05) is 11.6 Å². The number of aromatic nitrogens is 2. The van der Waals surface area contributed by atoms with Gasteiger partial charge >= 0.3 is 0 Å². The Kier molecular flexibility index (Phi) is 4.24. The first-order valence-corrected chi connectivity index (χ1v) is 10.6. The molecule has 2 bridgehead atoms. The molecule has 1 heterocycles. The molecular formula is C15H22N2O3S2. The van der Waals surface area contributed by atoms with Crippen molar-refractivity contribution < 1.29 is 12.6 Å². The fraction of sp³-hybridized carbons (Fsp3) is 0.733. The molecular weight excluding hydrogens is 320 g/mol. The Bertz CT molecular complexity index is 636. The highest BCUT2D eigenvalue weighted by Crippen LogP contribution is 2.57. The molecule has 4 rings (SSSR count). The second-order valence-electron chi connectivity index (χ2n) is 6.68. The number of hydrogen-bond acceptors (Lipinski definition) is 6. The predicted octanol–water partition coefficient (Wildman–Crippen LogP) is 2.77. The number of fused-ring (bicyclic) bond motifs is 3. The van der Waals surface area contributed by atoms with Crippen molar-refractivity contribution in [2.24, 2.45) is 5.41 Å². The number of hydrogen-bond donors (Lipinski definition) is 0. The van der Waals surface area contributed by atoms with Crippen molar-refractivity contribution in [1.29, 1.82) is 0 Å². The van der Waals surface area contributed by atoms with Crippen molar-refractivity contribution >= 4 is 21.9 Å². The lowest BCUT2D eigenvalue weighted by Gasteiger charge is -2.52. The van der Waals surface area contributed by atoms with Crippen LogP contribution in [0, 0.1) is 5.41 Å². The van der Waals surface area contributed by atoms with E-state index in [1.807, 2.05) is 18.5 Å². The van der Waals surface area contributed by atoms with Crippen LogP contribution in [-0.2, 0) is 19.7 Å². The minimum absolute atomic E-state index is 0.0419. The van der Waals surface area contributed by atoms with Crippen LogP contribution in [0.5, 0.6) is 0 Å². The molecule has 7 heteroatoms. The fourth-order valence-electron chi connectivity index (χ4n) is 3.83. The summed E-state index contributed by atoms with van der Waals surface area (Å²) in [6, 6.07) is 2.05. The Morgan fingerprint density at radius 3 is 2.41 bits per heavy atom. The third kappa shape index (κ3) is 3.16. The van der Waals surface area contributed by atoms with Crippen LogP contribution in [0.4, 0.5) is 0 Å². The van der Waals surface area contributed by atoms with Gasteiger partial charge in [-0.3, -0.25) is 4.18 Å². The standard InChI is InChI=1S/C15H22N2O3S2/c1-21-13-16-10-3-12(17-13)15-7-4-14(5-8-15,6-9-15)11-20-22(2,18)19/h3,10H,4-9,11H2,1-2H3. The smallest absolute Gasteiger partial charge is 0.264 e. The highest BCUT2D eigenvalue weighted by Gasteiger charge is 2.50. The summed E-state index contributed by atoms with van der Waals surface area (Å²) in [6.45, 7) is 0.335. The van der Waals surface area contributed by atoms with E-state index < -0.39 is 10.1 Å². The Labute approximate surface area is 136 Å². The molecule has 1 aromatic heterocycles. The second-order valence-corrected chi connectivity index (χ2v) is 9.09. The van der Waals surface area contributed by atoms with Gasteiger partial charge in [0.2, 0.25) is 0 Å². The summed E-state index contributed by atoms with van der Waals surface area (Å²) >= 11 is 1.57. The minimum atomic E-state index is -3.35. The summed E-state index contributed by atoms with van der Waals surface area (Å²) in [6.07, 6.45) is 11.2. The Hall–Kier alpha value is -0.660. The van der Waals surface area contributed by atoms with Crippen LogP contribution >= 0.6 is 11.8 Å². The molecule has 0 atom stereocenters. The molecule has 22 heavy (non-hydrogen) atoms. The molecule has 3 saturated carbocycles. The highest BCUT2D eigenvalue weighted by atomic mass is 32.2. The van der Waals surface area contributed by atoms with Gasteiger partial charge in [-0.2, -0.15) is 8.42 Å². The van der Waals surface area contributed by atoms with Gasteiger partial charge in [-0.15, -0.1) is 0 Å². The normalized spacial score (nSPS) is 31.4. The Morgan fingerprint density at radius 2 is 1.86 bits per heavy atom. The predicted molar refractivity (Wildman–Crippen MR) is 86.4 cm³/mol. The van der Waals surface area contributed by atoms with Crippen LogP contribution in [0.3, 0.4) is 0 Å². The summed E-state index contributed by atoms with van der Waals surface area (Å²) in [7, 11) is -3.35. The van der Waals surface area contributed by atoms with Crippen LogP contribution in [0.1, 0.15) is 44.2 Å². The molecule has 3 aliphatic rings. The van der Waals surface area contributed by atoms with Crippen LogP contribution < -0.4 is 0 Å². The van der Waals surface area contributed by atoms with Gasteiger partial charge in [-0.1, -0.05) is 11.8 Å². The van der Waals surface area contributed by atoms with Crippen molar-refractivity contribution in [3.05, 3.63) is 18.0 Å². The molecule has 0 saturated heterocycles. The number of nitrogens with zero attached hydrogens (tertiary/aromatic N) is 2. The van der Waals surface area contributed by atoms with E-state index in [2.05, 4.69) is 4.98 Å². The van der Waals surface area contributed by atoms with Gasteiger partial charge in [0.15, 0.2) is 5.16 Å². The zero-order valence-corrected chi connectivity index (χ0v) is 14.7. The first-order chi connectivity index (χ1) is 10.4. The number of rotatable bonds is 5. The Balaban J connectivity index is 1.74. The van der Waals surface area contributed by atoms with Crippen molar-refractivity contribution in [3.8, 4) is 0 Å². The van der Waals surface area contributed by atoms with Crippen molar-refractivity contribution in [2.45, 2.75) is 49.1 Å². The number of thioether (sulfide) groups is 1. The maximum Gasteiger partial charge on any atom is 0.264 e. The van der Waals surface area contributed by atoms with Crippen molar-refractivity contribution in [1.82, 2.24) is 9.97 Å². The maximum absolute atomic E-state index is 11.3. The lowest BCUT2D eigenvalue weighted by molar-refractivity contribution is 0.00169. The fourth-order valence-corrected chi connectivity index (χ4v) is 4.65. The molecule has 0 radical (unpaired) electrons. The summed E-state index contributed by atoms with van der Waals surface area (Å²) in [4.78, 5) is 8.98. The quantitative estimate of drug-likeness (QED) is 0.465. The first-order valence-electron chi connectivity index (χ1n) is 7.59. The van der Waals surface area contributed by atoms with E-state index in [0.29, 0.717) is 6.61 Å². The Morgan fingerprint density at radius 1 is 1.23 bits per heavy atom. The maximum atomic E-state index is 11.3. The molecule has 0 spiro atoms. The third-order valence-corrected chi connectivity index (χ3v) is 6.45. The molecule has 3 aliphatic carbocycles. The van der Waals surface area contributed by atoms with Gasteiger partial charge in [0.05, 0.1) is 18.6 Å². The first kappa shape index (κ1) is 16.2. The molecule has 5 nitrogen and oxygen atoms in total. The van der Waals surface area contributed by atoms with E-state index in [9.17, 15) is 8.42 Å². The van der Waals surface area contributed by atoms with E-state index >= 15 is 0 Å². The van der Waals surface area contributed by atoms with Crippen LogP contribution in [-0.4, -0.2) is 37.5 Å². The largest absolute Gasteiger partial charge is 0.270 e. The van der Waals surface area contributed by atoms with Crippen molar-refractivity contribution in [3.63, 3.8) is 0 Å². The lowest BCUT2D eigenvalue weighted by Crippen LogP contribution is -2.46. The van der Waals surface area contributed by atoms with Gasteiger partial charge in [0.25, 0.3) is 10.1 Å². The highest BCUT2D eigenvalue weighted by molar-refractivity contribution is 7.98. The summed E-state index contributed by atoms with van der Waals surface area (Å²) < 4.78 is 27.6. The topological polar surface area (TPSA) is 69.2 Å². The molecule has 1 aromatic rings. The zero-order chi connectivity index (χ0) is 15.8. The van der Waals surface area contributed by atoms with Crippen LogP contribution in [0.15, 0.2) is 17.4 Å². The van der Waals surface area contributed by atoms with E-state index in [1.165, 1.54) is 0 Å². The van der Waals surface area contributed by atoms with Gasteiger partial charge in [-0.05, 0) is 56.3 Å². The molecule has 0 unspecified atom stereocenters. The second kappa shape index (κ2) is 5.76. The molecule has 0 amide bonds. The van der Waals surface area contributed by atoms with Gasteiger partial charge in [0.1, 0.15) is 0 Å². The van der Waals surface area contributed by atoms with E-state index in [4.69, 9.17) is 9.17 Å². The molecule has 0 N–H and O–H groups in total. The lowest BCUT2D eigenvalue weighted by atomic mass is 9.53. The SMILES string of the molecule is CSc1nccc(C23CCC(COS(C)(=O)=O)(CC2)CC3)n1. The molecule has 3 fully saturated rings. The molecule has 122 valence electrons.